The molecule has 2 aromatic heterocycles. The van der Waals surface area contributed by atoms with Gasteiger partial charge in [-0.2, -0.15) is 9.61 Å². The van der Waals surface area contributed by atoms with Gasteiger partial charge in [0.15, 0.2) is 5.65 Å². The fourth-order valence-corrected chi connectivity index (χ4v) is 2.67. The molecule has 2 aromatic rings. The van der Waals surface area contributed by atoms with Crippen LogP contribution in [0.5, 0.6) is 0 Å². The lowest BCUT2D eigenvalue weighted by atomic mass is 10.1. The zero-order chi connectivity index (χ0) is 14.9. The van der Waals surface area contributed by atoms with Crippen molar-refractivity contribution >= 4 is 23.1 Å². The van der Waals surface area contributed by atoms with Crippen molar-refractivity contribution in [2.45, 2.75) is 58.3 Å². The number of nitrogens with zero attached hydrogens (tertiary/aromatic N) is 3. The Bertz CT molecular complexity index is 538. The zero-order valence-electron chi connectivity index (χ0n) is 12.8. The number of nitrogens with one attached hydrogen (secondary N) is 1. The van der Waals surface area contributed by atoms with Crippen molar-refractivity contribution in [3.8, 4) is 0 Å². The van der Waals surface area contributed by atoms with Crippen molar-refractivity contribution in [1.82, 2.24) is 14.6 Å². The summed E-state index contributed by atoms with van der Waals surface area (Å²) in [5.41, 5.74) is 0.779. The van der Waals surface area contributed by atoms with Crippen molar-refractivity contribution in [2.24, 2.45) is 0 Å². The lowest BCUT2D eigenvalue weighted by Gasteiger charge is -2.08. The molecule has 0 radical (unpaired) electrons. The van der Waals surface area contributed by atoms with Crippen LogP contribution in [0.4, 0.5) is 5.82 Å². The normalized spacial score (nSPS) is 11.1. The van der Waals surface area contributed by atoms with E-state index in [0.717, 1.165) is 18.0 Å². The first kappa shape index (κ1) is 16.1. The van der Waals surface area contributed by atoms with Crippen LogP contribution < -0.4 is 5.32 Å². The largest absolute Gasteiger partial charge is 0.370 e. The minimum atomic E-state index is 0.501. The van der Waals surface area contributed by atoms with Gasteiger partial charge in [0.1, 0.15) is 11.0 Å². The van der Waals surface area contributed by atoms with Gasteiger partial charge in [0, 0.05) is 18.7 Å². The molecule has 2 heterocycles. The number of anilines is 1. The van der Waals surface area contributed by atoms with Crippen LogP contribution in [0.25, 0.3) is 5.65 Å². The Balaban J connectivity index is 1.65. The molecule has 0 spiro atoms. The van der Waals surface area contributed by atoms with E-state index in [-0.39, 0.29) is 0 Å². The van der Waals surface area contributed by atoms with E-state index in [4.69, 9.17) is 11.6 Å². The summed E-state index contributed by atoms with van der Waals surface area (Å²) in [4.78, 5) is 4.22. The number of rotatable bonds is 10. The third-order valence-corrected chi connectivity index (χ3v) is 3.86. The maximum absolute atomic E-state index is 6.01. The second-order valence-corrected chi connectivity index (χ2v) is 5.85. The molecule has 1 N–H and O–H groups in total. The average molecular weight is 309 g/mol. The Hall–Kier alpha value is -1.29. The lowest BCUT2D eigenvalue weighted by molar-refractivity contribution is 0.581. The van der Waals surface area contributed by atoms with E-state index in [1.54, 1.807) is 10.7 Å². The summed E-state index contributed by atoms with van der Waals surface area (Å²) < 4.78 is 1.79. The highest BCUT2D eigenvalue weighted by atomic mass is 35.5. The van der Waals surface area contributed by atoms with E-state index in [1.165, 1.54) is 51.4 Å². The second-order valence-electron chi connectivity index (χ2n) is 5.47. The fraction of sp³-hybridized carbons (Fsp3) is 0.625. The molecule has 0 fully saturated rings. The molecule has 0 aliphatic rings. The Morgan fingerprint density at radius 2 is 1.81 bits per heavy atom. The van der Waals surface area contributed by atoms with Gasteiger partial charge < -0.3 is 5.32 Å². The molecule has 0 saturated heterocycles. The molecular weight excluding hydrogens is 284 g/mol. The number of hydrogen-bond acceptors (Lipinski definition) is 3. The van der Waals surface area contributed by atoms with Crippen LogP contribution in [-0.4, -0.2) is 21.1 Å². The second kappa shape index (κ2) is 8.88. The molecule has 0 aliphatic heterocycles. The highest BCUT2D eigenvalue weighted by Gasteiger charge is 2.04. The summed E-state index contributed by atoms with van der Waals surface area (Å²) in [6, 6.07) is 3.68. The van der Waals surface area contributed by atoms with Gasteiger partial charge in [-0.05, 0) is 6.42 Å². The Labute approximate surface area is 131 Å². The molecule has 0 amide bonds. The first-order valence-corrected chi connectivity index (χ1v) is 8.43. The highest BCUT2D eigenvalue weighted by molar-refractivity contribution is 6.29. The summed E-state index contributed by atoms with van der Waals surface area (Å²) in [5.74, 6) is 0.915. The van der Waals surface area contributed by atoms with Gasteiger partial charge in [-0.3, -0.25) is 0 Å². The Morgan fingerprint density at radius 1 is 1.10 bits per heavy atom. The number of unbranched alkanes of at least 4 members (excludes halogenated alkanes) is 7. The Kier molecular flexibility index (Phi) is 6.80. The van der Waals surface area contributed by atoms with Crippen molar-refractivity contribution in [3.05, 3.63) is 23.5 Å². The zero-order valence-corrected chi connectivity index (χ0v) is 13.6. The monoisotopic (exact) mass is 308 g/mol. The number of halogens is 1. The summed E-state index contributed by atoms with van der Waals surface area (Å²) in [5, 5.41) is 8.15. The lowest BCUT2D eigenvalue weighted by Crippen LogP contribution is -2.07. The number of hydrogen-bond donors (Lipinski definition) is 1. The standard InChI is InChI=1S/C16H25ClN4/c1-2-3-4-5-6-7-8-9-11-18-16-13-14(17)20-15-10-12-19-21(15)16/h10,12-13,18H,2-9,11H2,1H3. The van der Waals surface area contributed by atoms with Crippen molar-refractivity contribution in [3.63, 3.8) is 0 Å². The predicted molar refractivity (Wildman–Crippen MR) is 89.1 cm³/mol. The third-order valence-electron chi connectivity index (χ3n) is 3.66. The molecule has 5 heteroatoms. The van der Waals surface area contributed by atoms with Crippen LogP contribution in [0.15, 0.2) is 18.3 Å². The van der Waals surface area contributed by atoms with Gasteiger partial charge in [-0.25, -0.2) is 4.98 Å². The first-order chi connectivity index (χ1) is 10.3. The van der Waals surface area contributed by atoms with E-state index < -0.39 is 0 Å². The summed E-state index contributed by atoms with van der Waals surface area (Å²) >= 11 is 6.01. The molecule has 0 atom stereocenters. The van der Waals surface area contributed by atoms with Crippen molar-refractivity contribution in [1.29, 1.82) is 0 Å². The van der Waals surface area contributed by atoms with E-state index in [9.17, 15) is 0 Å². The van der Waals surface area contributed by atoms with Gasteiger partial charge in [0.25, 0.3) is 0 Å². The van der Waals surface area contributed by atoms with Gasteiger partial charge in [0.2, 0.25) is 0 Å². The topological polar surface area (TPSA) is 42.2 Å². The van der Waals surface area contributed by atoms with Crippen LogP contribution >= 0.6 is 11.6 Å². The molecule has 0 aromatic carbocycles. The quantitative estimate of drug-likeness (QED) is 0.499. The van der Waals surface area contributed by atoms with E-state index in [0.29, 0.717) is 5.15 Å². The van der Waals surface area contributed by atoms with Crippen LogP contribution in [0, 0.1) is 0 Å². The van der Waals surface area contributed by atoms with Crippen LogP contribution in [0.3, 0.4) is 0 Å². The molecule has 116 valence electrons. The molecule has 0 saturated carbocycles. The average Bonchev–Trinajstić information content (AvgIpc) is 2.93. The summed E-state index contributed by atoms with van der Waals surface area (Å²) in [6.45, 7) is 3.21. The minimum Gasteiger partial charge on any atom is -0.370 e. The maximum atomic E-state index is 6.01. The number of aromatic nitrogens is 3. The van der Waals surface area contributed by atoms with E-state index in [2.05, 4.69) is 22.3 Å². The fourth-order valence-electron chi connectivity index (χ4n) is 2.48. The van der Waals surface area contributed by atoms with Gasteiger partial charge in [-0.15, -0.1) is 0 Å². The van der Waals surface area contributed by atoms with E-state index in [1.807, 2.05) is 12.1 Å². The van der Waals surface area contributed by atoms with Gasteiger partial charge >= 0.3 is 0 Å². The van der Waals surface area contributed by atoms with Gasteiger partial charge in [-0.1, -0.05) is 63.5 Å². The number of fused-ring (bicyclic) bond motifs is 1. The molecular formula is C16H25ClN4. The summed E-state index contributed by atoms with van der Waals surface area (Å²) in [6.07, 6.45) is 12.4. The first-order valence-electron chi connectivity index (χ1n) is 8.05. The SMILES string of the molecule is CCCCCCCCCCNc1cc(Cl)nc2ccnn12. The summed E-state index contributed by atoms with van der Waals surface area (Å²) in [7, 11) is 0. The van der Waals surface area contributed by atoms with Crippen molar-refractivity contribution in [2.75, 3.05) is 11.9 Å². The van der Waals surface area contributed by atoms with Crippen molar-refractivity contribution < 1.29 is 0 Å². The molecule has 0 bridgehead atoms. The molecule has 21 heavy (non-hydrogen) atoms. The molecule has 4 nitrogen and oxygen atoms in total. The van der Waals surface area contributed by atoms with E-state index >= 15 is 0 Å². The minimum absolute atomic E-state index is 0.501. The Morgan fingerprint density at radius 3 is 2.57 bits per heavy atom. The smallest absolute Gasteiger partial charge is 0.159 e. The highest BCUT2D eigenvalue weighted by Crippen LogP contribution is 2.16. The van der Waals surface area contributed by atoms with Gasteiger partial charge in [0.05, 0.1) is 6.20 Å². The molecule has 0 unspecified atom stereocenters. The van der Waals surface area contributed by atoms with Crippen LogP contribution in [0.1, 0.15) is 58.3 Å². The molecule has 2 rings (SSSR count). The third kappa shape index (κ3) is 5.20. The maximum Gasteiger partial charge on any atom is 0.159 e. The predicted octanol–water partition coefficient (Wildman–Crippen LogP) is 4.94. The van der Waals surface area contributed by atoms with Crippen LogP contribution in [-0.2, 0) is 0 Å². The van der Waals surface area contributed by atoms with Crippen LogP contribution in [0.2, 0.25) is 5.15 Å². The molecule has 0 aliphatic carbocycles.